The Morgan fingerprint density at radius 3 is 2.84 bits per heavy atom. The van der Waals surface area contributed by atoms with E-state index < -0.39 is 0 Å². The molecule has 0 atom stereocenters. The summed E-state index contributed by atoms with van der Waals surface area (Å²) in [7, 11) is 0. The number of halogens is 1. The molecule has 0 saturated carbocycles. The lowest BCUT2D eigenvalue weighted by atomic mass is 10.2. The molecule has 1 aromatic carbocycles. The average Bonchev–Trinajstić information content (AvgIpc) is 3.00. The lowest BCUT2D eigenvalue weighted by molar-refractivity contribution is 0.544. The fourth-order valence-corrected chi connectivity index (χ4v) is 1.95. The molecular weight excluding hydrogens is 264 g/mol. The summed E-state index contributed by atoms with van der Waals surface area (Å²) in [5.74, 6) is 2.50. The number of benzene rings is 1. The zero-order chi connectivity index (χ0) is 13.4. The van der Waals surface area contributed by atoms with Gasteiger partial charge in [-0.15, -0.1) is 0 Å². The van der Waals surface area contributed by atoms with Crippen molar-refractivity contribution in [1.29, 1.82) is 0 Å². The van der Waals surface area contributed by atoms with Crippen LogP contribution in [0.1, 0.15) is 5.76 Å². The standard InChI is InChI=1S/C13H11ClN4O/c1-7-2-5-11(19-7)13-16-12(17-18-13)9-6-8(14)3-4-10(9)15/h2-6H,15H2,1H3,(H,16,17,18). The SMILES string of the molecule is Cc1ccc(-c2nc(-c3cc(Cl)ccc3N)n[nH]2)o1. The highest BCUT2D eigenvalue weighted by Gasteiger charge is 2.12. The Kier molecular flexibility index (Phi) is 2.76. The quantitative estimate of drug-likeness (QED) is 0.703. The maximum atomic E-state index is 5.95. The third kappa shape index (κ3) is 2.20. The van der Waals surface area contributed by atoms with Crippen molar-refractivity contribution in [1.82, 2.24) is 15.2 Å². The maximum absolute atomic E-state index is 5.95. The molecule has 0 unspecified atom stereocenters. The van der Waals surface area contributed by atoms with Gasteiger partial charge in [-0.05, 0) is 37.3 Å². The number of aryl methyl sites for hydroxylation is 1. The number of furan rings is 1. The third-order valence-corrected chi connectivity index (χ3v) is 2.95. The van der Waals surface area contributed by atoms with Crippen molar-refractivity contribution >= 4 is 17.3 Å². The first-order valence-electron chi connectivity index (χ1n) is 5.68. The summed E-state index contributed by atoms with van der Waals surface area (Å²) in [4.78, 5) is 4.37. The van der Waals surface area contributed by atoms with Gasteiger partial charge in [-0.3, -0.25) is 5.10 Å². The van der Waals surface area contributed by atoms with Crippen LogP contribution in [0.25, 0.3) is 23.0 Å². The molecule has 0 bridgehead atoms. The van der Waals surface area contributed by atoms with E-state index in [0.29, 0.717) is 33.7 Å². The molecule has 19 heavy (non-hydrogen) atoms. The maximum Gasteiger partial charge on any atom is 0.192 e. The van der Waals surface area contributed by atoms with Crippen LogP contribution >= 0.6 is 11.6 Å². The van der Waals surface area contributed by atoms with Gasteiger partial charge in [-0.1, -0.05) is 11.6 Å². The summed E-state index contributed by atoms with van der Waals surface area (Å²) >= 11 is 5.95. The smallest absolute Gasteiger partial charge is 0.192 e. The van der Waals surface area contributed by atoms with E-state index in [1.807, 2.05) is 19.1 Å². The summed E-state index contributed by atoms with van der Waals surface area (Å²) in [6.45, 7) is 1.87. The molecule has 0 saturated heterocycles. The van der Waals surface area contributed by atoms with Crippen molar-refractivity contribution in [3.8, 4) is 23.0 Å². The van der Waals surface area contributed by atoms with Crippen LogP contribution in [0.4, 0.5) is 5.69 Å². The van der Waals surface area contributed by atoms with Crippen molar-refractivity contribution in [2.24, 2.45) is 0 Å². The largest absolute Gasteiger partial charge is 0.458 e. The number of nitrogens with one attached hydrogen (secondary N) is 1. The van der Waals surface area contributed by atoms with Crippen LogP contribution in [0.3, 0.4) is 0 Å². The summed E-state index contributed by atoms with van der Waals surface area (Å²) in [6.07, 6.45) is 0. The molecule has 3 aromatic rings. The van der Waals surface area contributed by atoms with E-state index in [1.54, 1.807) is 18.2 Å². The van der Waals surface area contributed by atoms with Gasteiger partial charge in [0.15, 0.2) is 17.4 Å². The van der Waals surface area contributed by atoms with E-state index in [2.05, 4.69) is 15.2 Å². The molecule has 5 nitrogen and oxygen atoms in total. The minimum atomic E-state index is 0.490. The van der Waals surface area contributed by atoms with E-state index in [9.17, 15) is 0 Å². The highest BCUT2D eigenvalue weighted by Crippen LogP contribution is 2.28. The zero-order valence-electron chi connectivity index (χ0n) is 10.1. The Labute approximate surface area is 114 Å². The molecule has 3 N–H and O–H groups in total. The molecular formula is C13H11ClN4O. The van der Waals surface area contributed by atoms with Crippen molar-refractivity contribution in [2.75, 3.05) is 5.73 Å². The second kappa shape index (κ2) is 4.44. The highest BCUT2D eigenvalue weighted by atomic mass is 35.5. The molecule has 0 amide bonds. The Hall–Kier alpha value is -2.27. The molecule has 0 fully saturated rings. The van der Waals surface area contributed by atoms with E-state index in [4.69, 9.17) is 21.8 Å². The molecule has 0 radical (unpaired) electrons. The van der Waals surface area contributed by atoms with E-state index in [-0.39, 0.29) is 0 Å². The van der Waals surface area contributed by atoms with Gasteiger partial charge < -0.3 is 10.2 Å². The Morgan fingerprint density at radius 1 is 1.26 bits per heavy atom. The molecule has 96 valence electrons. The summed E-state index contributed by atoms with van der Waals surface area (Å²) in [6, 6.07) is 8.89. The van der Waals surface area contributed by atoms with Gasteiger partial charge in [-0.2, -0.15) is 5.10 Å². The van der Waals surface area contributed by atoms with Gasteiger partial charge in [-0.25, -0.2) is 4.98 Å². The van der Waals surface area contributed by atoms with Gasteiger partial charge in [0.05, 0.1) is 0 Å². The van der Waals surface area contributed by atoms with Gasteiger partial charge in [0, 0.05) is 16.3 Å². The van der Waals surface area contributed by atoms with Gasteiger partial charge in [0.1, 0.15) is 5.76 Å². The number of aromatic amines is 1. The first-order chi connectivity index (χ1) is 9.13. The molecule has 0 spiro atoms. The zero-order valence-corrected chi connectivity index (χ0v) is 10.9. The number of rotatable bonds is 2. The van der Waals surface area contributed by atoms with Gasteiger partial charge in [0.25, 0.3) is 0 Å². The molecule has 2 aromatic heterocycles. The van der Waals surface area contributed by atoms with Crippen molar-refractivity contribution < 1.29 is 4.42 Å². The molecule has 6 heteroatoms. The fourth-order valence-electron chi connectivity index (χ4n) is 1.78. The van der Waals surface area contributed by atoms with Crippen LogP contribution in [0, 0.1) is 6.92 Å². The van der Waals surface area contributed by atoms with Crippen LogP contribution in [0.15, 0.2) is 34.7 Å². The molecule has 2 heterocycles. The van der Waals surface area contributed by atoms with Crippen LogP contribution in [-0.4, -0.2) is 15.2 Å². The second-order valence-electron chi connectivity index (χ2n) is 4.15. The van der Waals surface area contributed by atoms with Gasteiger partial charge in [0.2, 0.25) is 0 Å². The topological polar surface area (TPSA) is 80.7 Å². The highest BCUT2D eigenvalue weighted by molar-refractivity contribution is 6.31. The van der Waals surface area contributed by atoms with Crippen LogP contribution in [0.5, 0.6) is 0 Å². The van der Waals surface area contributed by atoms with E-state index >= 15 is 0 Å². The number of nitrogen functional groups attached to an aromatic ring is 1. The Morgan fingerprint density at radius 2 is 2.11 bits per heavy atom. The van der Waals surface area contributed by atoms with Crippen LogP contribution in [-0.2, 0) is 0 Å². The summed E-state index contributed by atoms with van der Waals surface area (Å²) < 4.78 is 5.48. The summed E-state index contributed by atoms with van der Waals surface area (Å²) in [5, 5.41) is 7.55. The number of hydrogen-bond acceptors (Lipinski definition) is 4. The first-order valence-corrected chi connectivity index (χ1v) is 6.06. The van der Waals surface area contributed by atoms with Crippen LogP contribution < -0.4 is 5.73 Å². The average molecular weight is 275 g/mol. The van der Waals surface area contributed by atoms with E-state index in [0.717, 1.165) is 5.76 Å². The predicted octanol–water partition coefficient (Wildman–Crippen LogP) is 3.28. The number of nitrogens with zero attached hydrogens (tertiary/aromatic N) is 2. The van der Waals surface area contributed by atoms with Crippen LogP contribution in [0.2, 0.25) is 5.02 Å². The summed E-state index contributed by atoms with van der Waals surface area (Å²) in [5.41, 5.74) is 7.17. The molecule has 0 aliphatic rings. The number of H-pyrrole nitrogens is 1. The minimum Gasteiger partial charge on any atom is -0.458 e. The molecule has 0 aliphatic carbocycles. The fraction of sp³-hybridized carbons (Fsp3) is 0.0769. The van der Waals surface area contributed by atoms with Crippen molar-refractivity contribution in [2.45, 2.75) is 6.92 Å². The number of aromatic nitrogens is 3. The first kappa shape index (κ1) is 11.8. The Balaban J connectivity index is 2.03. The van der Waals surface area contributed by atoms with E-state index in [1.165, 1.54) is 0 Å². The minimum absolute atomic E-state index is 0.490. The molecule has 3 rings (SSSR count). The molecule has 0 aliphatic heterocycles. The normalized spacial score (nSPS) is 10.8. The van der Waals surface area contributed by atoms with Gasteiger partial charge >= 0.3 is 0 Å². The number of hydrogen-bond donors (Lipinski definition) is 2. The Bertz CT molecular complexity index is 732. The van der Waals surface area contributed by atoms with Crippen molar-refractivity contribution in [3.05, 3.63) is 41.1 Å². The monoisotopic (exact) mass is 274 g/mol. The lowest BCUT2D eigenvalue weighted by Gasteiger charge is -2.00. The second-order valence-corrected chi connectivity index (χ2v) is 4.59. The lowest BCUT2D eigenvalue weighted by Crippen LogP contribution is -1.91. The predicted molar refractivity (Wildman–Crippen MR) is 73.7 cm³/mol. The third-order valence-electron chi connectivity index (χ3n) is 2.72. The number of anilines is 1. The number of nitrogens with two attached hydrogens (primary N) is 1. The van der Waals surface area contributed by atoms with Crippen molar-refractivity contribution in [3.63, 3.8) is 0 Å².